The van der Waals surface area contributed by atoms with Gasteiger partial charge >= 0.3 is 0 Å². The lowest BCUT2D eigenvalue weighted by molar-refractivity contribution is 0.0951. The molecule has 0 aliphatic rings. The molecule has 0 unspecified atom stereocenters. The van der Waals surface area contributed by atoms with Crippen molar-refractivity contribution < 1.29 is 22.7 Å². The topological polar surface area (TPSA) is 93.7 Å². The lowest BCUT2D eigenvalue weighted by Crippen LogP contribution is -2.23. The summed E-state index contributed by atoms with van der Waals surface area (Å²) in [5, 5.41) is 2.84. The third-order valence-corrected chi connectivity index (χ3v) is 5.74. The summed E-state index contributed by atoms with van der Waals surface area (Å²) in [5.41, 5.74) is 1.54. The molecule has 0 fully saturated rings. The first kappa shape index (κ1) is 22.3. The molecule has 0 aliphatic carbocycles. The van der Waals surface area contributed by atoms with E-state index in [1.54, 1.807) is 43.5 Å². The van der Waals surface area contributed by atoms with Crippen LogP contribution in [0.1, 0.15) is 15.9 Å². The number of nitrogens with one attached hydrogen (secondary N) is 2. The van der Waals surface area contributed by atoms with Crippen LogP contribution in [0.5, 0.6) is 5.75 Å². The zero-order chi connectivity index (χ0) is 22.1. The first-order chi connectivity index (χ1) is 15.0. The van der Waals surface area contributed by atoms with Crippen LogP contribution in [0.15, 0.2) is 83.8 Å². The van der Waals surface area contributed by atoms with Gasteiger partial charge in [-0.1, -0.05) is 36.4 Å². The highest BCUT2D eigenvalue weighted by molar-refractivity contribution is 7.92. The number of methoxy groups -OCH3 is 1. The number of benzene rings is 3. The third kappa shape index (κ3) is 6.56. The van der Waals surface area contributed by atoms with Gasteiger partial charge in [-0.05, 0) is 48.0 Å². The van der Waals surface area contributed by atoms with Gasteiger partial charge in [0.2, 0.25) is 0 Å². The van der Waals surface area contributed by atoms with Crippen molar-refractivity contribution in [2.24, 2.45) is 0 Å². The fourth-order valence-corrected chi connectivity index (χ4v) is 3.88. The molecular weight excluding hydrogens is 416 g/mol. The second-order valence-electron chi connectivity index (χ2n) is 6.67. The van der Waals surface area contributed by atoms with E-state index >= 15 is 0 Å². The van der Waals surface area contributed by atoms with E-state index in [0.29, 0.717) is 36.8 Å². The molecule has 1 amide bonds. The SMILES string of the molecule is COCCOc1cccc(CNC(=O)c2cccc(NS(=O)(=O)c3ccccc3)c2)c1. The standard InChI is InChI=1S/C23H24N2O5S/c1-29-13-14-30-21-10-5-7-18(15-21)17-24-23(26)19-8-6-9-20(16-19)25-31(27,28)22-11-3-2-4-12-22/h2-12,15-16,25H,13-14,17H2,1H3,(H,24,26). The summed E-state index contributed by atoms with van der Waals surface area (Å²) < 4.78 is 38.0. The van der Waals surface area contributed by atoms with Crippen LogP contribution in [-0.2, 0) is 21.3 Å². The van der Waals surface area contributed by atoms with Crippen LogP contribution in [0.3, 0.4) is 0 Å². The van der Waals surface area contributed by atoms with E-state index in [-0.39, 0.29) is 10.8 Å². The third-order valence-electron chi connectivity index (χ3n) is 4.34. The molecule has 0 saturated carbocycles. The maximum Gasteiger partial charge on any atom is 0.261 e. The fraction of sp³-hybridized carbons (Fsp3) is 0.174. The highest BCUT2D eigenvalue weighted by atomic mass is 32.2. The molecule has 0 bridgehead atoms. The van der Waals surface area contributed by atoms with Crippen LogP contribution in [0, 0.1) is 0 Å². The molecule has 0 spiro atoms. The lowest BCUT2D eigenvalue weighted by Gasteiger charge is -2.11. The largest absolute Gasteiger partial charge is 0.491 e. The number of sulfonamides is 1. The Hall–Kier alpha value is -3.36. The van der Waals surface area contributed by atoms with E-state index in [0.717, 1.165) is 5.56 Å². The van der Waals surface area contributed by atoms with E-state index in [2.05, 4.69) is 10.0 Å². The summed E-state index contributed by atoms with van der Waals surface area (Å²) >= 11 is 0. The van der Waals surface area contributed by atoms with Crippen molar-refractivity contribution in [2.75, 3.05) is 25.0 Å². The number of hydrogen-bond acceptors (Lipinski definition) is 5. The van der Waals surface area contributed by atoms with Gasteiger partial charge in [0.25, 0.3) is 15.9 Å². The summed E-state index contributed by atoms with van der Waals surface area (Å²) in [6, 6.07) is 21.8. The maximum absolute atomic E-state index is 12.6. The van der Waals surface area contributed by atoms with Crippen molar-refractivity contribution in [1.29, 1.82) is 0 Å². The molecule has 3 rings (SSSR count). The Morgan fingerprint density at radius 2 is 1.68 bits per heavy atom. The summed E-state index contributed by atoms with van der Waals surface area (Å²) in [6.07, 6.45) is 0. The number of carbonyl (C=O) groups excluding carboxylic acids is 1. The molecule has 0 atom stereocenters. The van der Waals surface area contributed by atoms with E-state index in [9.17, 15) is 13.2 Å². The minimum atomic E-state index is -3.73. The van der Waals surface area contributed by atoms with E-state index < -0.39 is 10.0 Å². The minimum absolute atomic E-state index is 0.150. The molecule has 3 aromatic carbocycles. The summed E-state index contributed by atoms with van der Waals surface area (Å²) in [6.45, 7) is 1.24. The van der Waals surface area contributed by atoms with E-state index in [1.807, 2.05) is 24.3 Å². The van der Waals surface area contributed by atoms with Crippen molar-refractivity contribution in [2.45, 2.75) is 11.4 Å². The second kappa shape index (κ2) is 10.6. The van der Waals surface area contributed by atoms with Crippen molar-refractivity contribution in [3.8, 4) is 5.75 Å². The number of carbonyl (C=O) groups is 1. The molecule has 8 heteroatoms. The van der Waals surface area contributed by atoms with Gasteiger partial charge in [-0.2, -0.15) is 0 Å². The first-order valence-corrected chi connectivity index (χ1v) is 11.1. The van der Waals surface area contributed by atoms with Gasteiger partial charge in [0, 0.05) is 24.9 Å². The number of anilines is 1. The highest BCUT2D eigenvalue weighted by Crippen LogP contribution is 2.18. The van der Waals surface area contributed by atoms with Gasteiger partial charge in [0.05, 0.1) is 11.5 Å². The fourth-order valence-electron chi connectivity index (χ4n) is 2.81. The van der Waals surface area contributed by atoms with E-state index in [4.69, 9.17) is 9.47 Å². The smallest absolute Gasteiger partial charge is 0.261 e. The Bertz CT molecular complexity index is 1120. The Labute approximate surface area is 182 Å². The number of ether oxygens (including phenoxy) is 2. The normalized spacial score (nSPS) is 11.0. The Kier molecular flexibility index (Phi) is 7.64. The quantitative estimate of drug-likeness (QED) is 0.471. The second-order valence-corrected chi connectivity index (χ2v) is 8.35. The van der Waals surface area contributed by atoms with Crippen molar-refractivity contribution >= 4 is 21.6 Å². The molecule has 0 radical (unpaired) electrons. The molecule has 31 heavy (non-hydrogen) atoms. The summed E-state index contributed by atoms with van der Waals surface area (Å²) in [7, 11) is -2.12. The molecule has 0 saturated heterocycles. The number of hydrogen-bond donors (Lipinski definition) is 2. The van der Waals surface area contributed by atoms with Crippen molar-refractivity contribution in [3.05, 3.63) is 90.0 Å². The number of rotatable bonds is 10. The van der Waals surface area contributed by atoms with Crippen LogP contribution in [-0.4, -0.2) is 34.6 Å². The van der Waals surface area contributed by atoms with Gasteiger partial charge < -0.3 is 14.8 Å². The van der Waals surface area contributed by atoms with Gasteiger partial charge in [-0.3, -0.25) is 9.52 Å². The molecule has 2 N–H and O–H groups in total. The minimum Gasteiger partial charge on any atom is -0.491 e. The monoisotopic (exact) mass is 440 g/mol. The summed E-state index contributed by atoms with van der Waals surface area (Å²) in [4.78, 5) is 12.7. The first-order valence-electron chi connectivity index (χ1n) is 9.65. The Balaban J connectivity index is 1.62. The molecule has 3 aromatic rings. The average Bonchev–Trinajstić information content (AvgIpc) is 2.78. The molecule has 0 aliphatic heterocycles. The molecule has 0 aromatic heterocycles. The van der Waals surface area contributed by atoms with Crippen LogP contribution < -0.4 is 14.8 Å². The Morgan fingerprint density at radius 3 is 2.45 bits per heavy atom. The van der Waals surface area contributed by atoms with Gasteiger partial charge in [-0.15, -0.1) is 0 Å². The van der Waals surface area contributed by atoms with Crippen LogP contribution in [0.4, 0.5) is 5.69 Å². The van der Waals surface area contributed by atoms with Crippen molar-refractivity contribution in [1.82, 2.24) is 5.32 Å². The highest BCUT2D eigenvalue weighted by Gasteiger charge is 2.14. The average molecular weight is 441 g/mol. The number of amides is 1. The van der Waals surface area contributed by atoms with E-state index in [1.165, 1.54) is 18.2 Å². The predicted molar refractivity (Wildman–Crippen MR) is 119 cm³/mol. The van der Waals surface area contributed by atoms with Crippen LogP contribution >= 0.6 is 0 Å². The zero-order valence-electron chi connectivity index (χ0n) is 17.1. The van der Waals surface area contributed by atoms with Gasteiger partial charge in [-0.25, -0.2) is 8.42 Å². The van der Waals surface area contributed by atoms with Crippen LogP contribution in [0.2, 0.25) is 0 Å². The summed E-state index contributed by atoms with van der Waals surface area (Å²) in [5.74, 6) is 0.382. The molecular formula is C23H24N2O5S. The lowest BCUT2D eigenvalue weighted by atomic mass is 10.1. The molecule has 162 valence electrons. The van der Waals surface area contributed by atoms with Crippen LogP contribution in [0.25, 0.3) is 0 Å². The maximum atomic E-state index is 12.6. The molecule has 7 nitrogen and oxygen atoms in total. The van der Waals surface area contributed by atoms with Gasteiger partial charge in [0.15, 0.2) is 0 Å². The Morgan fingerprint density at radius 1 is 0.903 bits per heavy atom. The zero-order valence-corrected chi connectivity index (χ0v) is 17.9. The van der Waals surface area contributed by atoms with Gasteiger partial charge in [0.1, 0.15) is 12.4 Å². The van der Waals surface area contributed by atoms with Crippen molar-refractivity contribution in [3.63, 3.8) is 0 Å². The molecule has 0 heterocycles. The predicted octanol–water partition coefficient (Wildman–Crippen LogP) is 3.44.